The van der Waals surface area contributed by atoms with Gasteiger partial charge in [-0.2, -0.15) is 5.26 Å². The summed E-state index contributed by atoms with van der Waals surface area (Å²) >= 11 is 6.39. The van der Waals surface area contributed by atoms with Gasteiger partial charge in [0.15, 0.2) is 11.5 Å². The number of para-hydroxylation sites is 1. The number of nitriles is 1. The van der Waals surface area contributed by atoms with Crippen LogP contribution in [0.25, 0.3) is 29.0 Å². The summed E-state index contributed by atoms with van der Waals surface area (Å²) < 4.78 is 14.0. The number of nitrogens with zero attached hydrogens (tertiary/aromatic N) is 4. The van der Waals surface area contributed by atoms with E-state index in [1.165, 1.54) is 12.8 Å². The minimum absolute atomic E-state index is 0.205. The molecule has 1 fully saturated rings. The van der Waals surface area contributed by atoms with Gasteiger partial charge in [-0.15, -0.1) is 0 Å². The van der Waals surface area contributed by atoms with Crippen LogP contribution in [-0.4, -0.2) is 27.7 Å². The lowest BCUT2D eigenvalue weighted by Gasteiger charge is -2.18. The number of fused-ring (bicyclic) bond motifs is 1. The van der Waals surface area contributed by atoms with Crippen molar-refractivity contribution in [2.45, 2.75) is 38.7 Å². The molecule has 5 rings (SSSR count). The van der Waals surface area contributed by atoms with E-state index in [1.54, 1.807) is 19.4 Å². The first-order chi connectivity index (χ1) is 17.1. The van der Waals surface area contributed by atoms with E-state index in [0.29, 0.717) is 28.0 Å². The third-order valence-corrected chi connectivity index (χ3v) is 6.70. The SMILES string of the molecule is COc1cccc(/C=C/c2nc3cc(Cl)c(C)cc3n2-c2ccc(C#N)cn2)c1OC1CCCC1. The molecule has 2 heterocycles. The second-order valence-electron chi connectivity index (χ2n) is 8.65. The van der Waals surface area contributed by atoms with E-state index in [9.17, 15) is 5.26 Å². The van der Waals surface area contributed by atoms with Crippen LogP contribution < -0.4 is 9.47 Å². The van der Waals surface area contributed by atoms with E-state index in [-0.39, 0.29) is 6.10 Å². The fourth-order valence-electron chi connectivity index (χ4n) is 4.45. The highest BCUT2D eigenvalue weighted by atomic mass is 35.5. The Morgan fingerprint density at radius 1 is 1.14 bits per heavy atom. The van der Waals surface area contributed by atoms with Gasteiger partial charge in [-0.3, -0.25) is 4.57 Å². The van der Waals surface area contributed by atoms with Gasteiger partial charge in [0.1, 0.15) is 17.7 Å². The summed E-state index contributed by atoms with van der Waals surface area (Å²) in [5.41, 5.74) is 4.01. The second kappa shape index (κ2) is 9.81. The number of benzene rings is 2. The molecular formula is C28H25ClN4O2. The molecule has 0 saturated heterocycles. The Morgan fingerprint density at radius 2 is 1.97 bits per heavy atom. The number of aryl methyl sites for hydroxylation is 1. The molecule has 0 bridgehead atoms. The normalized spacial score (nSPS) is 14.0. The Kier molecular flexibility index (Phi) is 6.43. The van der Waals surface area contributed by atoms with Crippen LogP contribution >= 0.6 is 11.6 Å². The highest BCUT2D eigenvalue weighted by molar-refractivity contribution is 6.32. The van der Waals surface area contributed by atoms with Crippen LogP contribution in [0.2, 0.25) is 5.02 Å². The van der Waals surface area contributed by atoms with Crippen molar-refractivity contribution in [3.63, 3.8) is 0 Å². The van der Waals surface area contributed by atoms with E-state index >= 15 is 0 Å². The number of hydrogen-bond acceptors (Lipinski definition) is 5. The van der Waals surface area contributed by atoms with E-state index in [2.05, 4.69) is 11.1 Å². The van der Waals surface area contributed by atoms with Crippen molar-refractivity contribution < 1.29 is 9.47 Å². The molecule has 7 heteroatoms. The largest absolute Gasteiger partial charge is 0.493 e. The summed E-state index contributed by atoms with van der Waals surface area (Å²) in [7, 11) is 1.66. The van der Waals surface area contributed by atoms with Crippen LogP contribution in [0.4, 0.5) is 0 Å². The number of rotatable bonds is 6. The molecule has 1 aliphatic carbocycles. The average Bonchev–Trinajstić information content (AvgIpc) is 3.51. The van der Waals surface area contributed by atoms with Crippen LogP contribution in [0, 0.1) is 18.3 Å². The van der Waals surface area contributed by atoms with Crippen molar-refractivity contribution in [1.82, 2.24) is 14.5 Å². The Hall–Kier alpha value is -3.82. The molecule has 35 heavy (non-hydrogen) atoms. The molecule has 2 aromatic carbocycles. The summed E-state index contributed by atoms with van der Waals surface area (Å²) in [5, 5.41) is 9.83. The van der Waals surface area contributed by atoms with Crippen molar-refractivity contribution in [2.24, 2.45) is 0 Å². The van der Waals surface area contributed by atoms with Gasteiger partial charge >= 0.3 is 0 Å². The van der Waals surface area contributed by atoms with Gasteiger partial charge in [-0.25, -0.2) is 9.97 Å². The van der Waals surface area contributed by atoms with Gasteiger partial charge < -0.3 is 9.47 Å². The third kappa shape index (κ3) is 4.60. The number of pyridine rings is 1. The summed E-state index contributed by atoms with van der Waals surface area (Å²) in [6.07, 6.45) is 10.2. The molecular weight excluding hydrogens is 460 g/mol. The highest BCUT2D eigenvalue weighted by Crippen LogP contribution is 2.36. The van der Waals surface area contributed by atoms with Gasteiger partial charge in [0.25, 0.3) is 0 Å². The molecule has 0 radical (unpaired) electrons. The molecule has 0 amide bonds. The maximum absolute atomic E-state index is 9.18. The summed E-state index contributed by atoms with van der Waals surface area (Å²) in [6, 6.07) is 15.4. The second-order valence-corrected chi connectivity index (χ2v) is 9.06. The fraction of sp³-hybridized carbons (Fsp3) is 0.250. The maximum atomic E-state index is 9.18. The predicted molar refractivity (Wildman–Crippen MR) is 138 cm³/mol. The van der Waals surface area contributed by atoms with Crippen LogP contribution in [-0.2, 0) is 0 Å². The third-order valence-electron chi connectivity index (χ3n) is 6.29. The smallest absolute Gasteiger partial charge is 0.168 e. The topological polar surface area (TPSA) is 73.0 Å². The molecule has 0 unspecified atom stereocenters. The highest BCUT2D eigenvalue weighted by Gasteiger charge is 2.20. The predicted octanol–water partition coefficient (Wildman–Crippen LogP) is 6.75. The number of aromatic nitrogens is 3. The quantitative estimate of drug-likeness (QED) is 0.302. The molecule has 0 N–H and O–H groups in total. The summed E-state index contributed by atoms with van der Waals surface area (Å²) in [5.74, 6) is 2.81. The van der Waals surface area contributed by atoms with Gasteiger partial charge in [0, 0.05) is 16.8 Å². The minimum atomic E-state index is 0.205. The number of imidazole rings is 1. The lowest BCUT2D eigenvalue weighted by molar-refractivity contribution is 0.200. The van der Waals surface area contributed by atoms with E-state index in [1.807, 2.05) is 60.0 Å². The molecule has 0 aliphatic heterocycles. The monoisotopic (exact) mass is 484 g/mol. The minimum Gasteiger partial charge on any atom is -0.493 e. The van der Waals surface area contributed by atoms with Crippen molar-refractivity contribution >= 4 is 34.8 Å². The molecule has 1 saturated carbocycles. The average molecular weight is 485 g/mol. The number of halogens is 1. The van der Waals surface area contributed by atoms with Gasteiger partial charge in [0.2, 0.25) is 0 Å². The van der Waals surface area contributed by atoms with Gasteiger partial charge in [0.05, 0.1) is 29.8 Å². The van der Waals surface area contributed by atoms with Crippen LogP contribution in [0.1, 0.15) is 48.2 Å². The van der Waals surface area contributed by atoms with Crippen LogP contribution in [0.5, 0.6) is 11.5 Å². The van der Waals surface area contributed by atoms with Gasteiger partial charge in [-0.05, 0) is 80.7 Å². The van der Waals surface area contributed by atoms with Crippen molar-refractivity contribution in [3.8, 4) is 23.4 Å². The fourth-order valence-corrected chi connectivity index (χ4v) is 4.60. The first-order valence-corrected chi connectivity index (χ1v) is 12.0. The lowest BCUT2D eigenvalue weighted by Crippen LogP contribution is -2.12. The first kappa shape index (κ1) is 22.9. The van der Waals surface area contributed by atoms with E-state index in [4.69, 9.17) is 26.1 Å². The zero-order chi connectivity index (χ0) is 24.4. The first-order valence-electron chi connectivity index (χ1n) is 11.6. The molecule has 0 atom stereocenters. The van der Waals surface area contributed by atoms with Crippen molar-refractivity contribution in [3.05, 3.63) is 76.2 Å². The lowest BCUT2D eigenvalue weighted by atomic mass is 10.1. The molecule has 1 aliphatic rings. The zero-order valence-electron chi connectivity index (χ0n) is 19.7. The Morgan fingerprint density at radius 3 is 2.69 bits per heavy atom. The molecule has 4 aromatic rings. The zero-order valence-corrected chi connectivity index (χ0v) is 20.4. The Labute approximate surface area is 209 Å². The van der Waals surface area contributed by atoms with E-state index < -0.39 is 0 Å². The number of ether oxygens (including phenoxy) is 2. The number of hydrogen-bond donors (Lipinski definition) is 0. The molecule has 176 valence electrons. The van der Waals surface area contributed by atoms with Crippen molar-refractivity contribution in [1.29, 1.82) is 5.26 Å². The van der Waals surface area contributed by atoms with E-state index in [0.717, 1.165) is 40.8 Å². The van der Waals surface area contributed by atoms with Crippen molar-refractivity contribution in [2.75, 3.05) is 7.11 Å². The van der Waals surface area contributed by atoms with Gasteiger partial charge in [-0.1, -0.05) is 23.7 Å². The molecule has 2 aromatic heterocycles. The number of methoxy groups -OCH3 is 1. The molecule has 6 nitrogen and oxygen atoms in total. The molecule has 0 spiro atoms. The Bertz CT molecular complexity index is 1440. The van der Waals surface area contributed by atoms with Crippen LogP contribution in [0.15, 0.2) is 48.7 Å². The summed E-state index contributed by atoms with van der Waals surface area (Å²) in [4.78, 5) is 9.35. The maximum Gasteiger partial charge on any atom is 0.168 e. The summed E-state index contributed by atoms with van der Waals surface area (Å²) in [6.45, 7) is 1.96. The standard InChI is InChI=1S/C28H25ClN4O2/c1-18-14-24-23(15-22(18)29)32-27(33(24)26-12-10-19(16-30)17-31-26)13-11-20-6-5-9-25(34-2)28(20)35-21-7-3-4-8-21/h5-6,9-15,17,21H,3-4,7-8H2,1-2H3/b13-11+. The Balaban J connectivity index is 1.61. The van der Waals surface area contributed by atoms with Crippen LogP contribution in [0.3, 0.4) is 0 Å².